The van der Waals surface area contributed by atoms with E-state index in [4.69, 9.17) is 0 Å². The van der Waals surface area contributed by atoms with Crippen molar-refractivity contribution < 1.29 is 4.79 Å². The molecule has 0 spiro atoms. The average Bonchev–Trinajstić information content (AvgIpc) is 3.02. The molecule has 22 heavy (non-hydrogen) atoms. The molecule has 1 saturated carbocycles. The number of fused-ring (bicyclic) bond motifs is 1. The van der Waals surface area contributed by atoms with E-state index in [1.54, 1.807) is 11.3 Å². The van der Waals surface area contributed by atoms with Crippen LogP contribution in [0.3, 0.4) is 0 Å². The van der Waals surface area contributed by atoms with Crippen molar-refractivity contribution in [2.24, 2.45) is 0 Å². The van der Waals surface area contributed by atoms with Crippen LogP contribution in [0.25, 0.3) is 0 Å². The number of carbonyl (C=O) groups excluding carboxylic acids is 1. The smallest absolute Gasteiger partial charge is 0.271 e. The SMILES string of the molecule is CC1c2nc(C(=O)NC3CC3)cn2CCN1Cc1ccsc1. The molecule has 1 fully saturated rings. The normalized spacial score (nSPS) is 21.6. The Kier molecular flexibility index (Phi) is 3.50. The highest BCUT2D eigenvalue weighted by molar-refractivity contribution is 7.07. The Morgan fingerprint density at radius 3 is 3.05 bits per heavy atom. The molecule has 0 saturated heterocycles. The third kappa shape index (κ3) is 2.68. The summed E-state index contributed by atoms with van der Waals surface area (Å²) in [7, 11) is 0. The fraction of sp³-hybridized carbons (Fsp3) is 0.500. The monoisotopic (exact) mass is 316 g/mol. The van der Waals surface area contributed by atoms with Gasteiger partial charge in [0.1, 0.15) is 11.5 Å². The van der Waals surface area contributed by atoms with Crippen LogP contribution in [0.2, 0.25) is 0 Å². The molecule has 3 heterocycles. The van der Waals surface area contributed by atoms with Gasteiger partial charge in [-0.1, -0.05) is 0 Å². The molecular formula is C16H20N4OS. The molecule has 0 bridgehead atoms. The lowest BCUT2D eigenvalue weighted by Crippen LogP contribution is -2.36. The summed E-state index contributed by atoms with van der Waals surface area (Å²) in [6, 6.07) is 2.78. The van der Waals surface area contributed by atoms with Crippen LogP contribution in [-0.2, 0) is 13.1 Å². The zero-order valence-electron chi connectivity index (χ0n) is 12.7. The molecule has 5 nitrogen and oxygen atoms in total. The fourth-order valence-corrected chi connectivity index (χ4v) is 3.63. The Hall–Kier alpha value is -1.66. The van der Waals surface area contributed by atoms with Crippen LogP contribution in [0.5, 0.6) is 0 Å². The molecule has 6 heteroatoms. The van der Waals surface area contributed by atoms with E-state index in [1.807, 2.05) is 6.20 Å². The Morgan fingerprint density at radius 1 is 1.45 bits per heavy atom. The van der Waals surface area contributed by atoms with Gasteiger partial charge in [-0.2, -0.15) is 11.3 Å². The molecule has 0 aromatic carbocycles. The molecular weight excluding hydrogens is 296 g/mol. The fourth-order valence-electron chi connectivity index (χ4n) is 2.97. The van der Waals surface area contributed by atoms with Gasteiger partial charge in [-0.15, -0.1) is 0 Å². The second-order valence-corrected chi connectivity index (χ2v) is 6.98. The van der Waals surface area contributed by atoms with Crippen LogP contribution in [0.1, 0.15) is 47.7 Å². The number of hydrogen-bond acceptors (Lipinski definition) is 4. The Bertz CT molecular complexity index is 674. The predicted octanol–water partition coefficient (Wildman–Crippen LogP) is 2.41. The van der Waals surface area contributed by atoms with E-state index in [2.05, 4.69) is 43.5 Å². The lowest BCUT2D eigenvalue weighted by Gasteiger charge is -2.33. The molecule has 1 N–H and O–H groups in total. The van der Waals surface area contributed by atoms with E-state index in [9.17, 15) is 4.79 Å². The van der Waals surface area contributed by atoms with Gasteiger partial charge >= 0.3 is 0 Å². The minimum Gasteiger partial charge on any atom is -0.348 e. The number of aromatic nitrogens is 2. The number of thiophene rings is 1. The molecule has 2 aromatic heterocycles. The van der Waals surface area contributed by atoms with Crippen molar-refractivity contribution >= 4 is 17.2 Å². The van der Waals surface area contributed by atoms with Crippen molar-refractivity contribution in [2.75, 3.05) is 6.54 Å². The van der Waals surface area contributed by atoms with Gasteiger partial charge in [-0.3, -0.25) is 9.69 Å². The molecule has 1 atom stereocenters. The number of nitrogens with zero attached hydrogens (tertiary/aromatic N) is 3. The summed E-state index contributed by atoms with van der Waals surface area (Å²) >= 11 is 1.73. The number of nitrogens with one attached hydrogen (secondary N) is 1. The maximum absolute atomic E-state index is 12.2. The standard InChI is InChI=1S/C16H20N4OS/c1-11-15-18-14(16(21)17-13-2-3-13)9-20(15)6-5-19(11)8-12-4-7-22-10-12/h4,7,9-11,13H,2-3,5-6,8H2,1H3,(H,17,21). The van der Waals surface area contributed by atoms with Crippen molar-refractivity contribution in [3.8, 4) is 0 Å². The number of hydrogen-bond donors (Lipinski definition) is 1. The third-order valence-corrected chi connectivity index (χ3v) is 5.20. The van der Waals surface area contributed by atoms with Gasteiger partial charge < -0.3 is 9.88 Å². The first-order valence-electron chi connectivity index (χ1n) is 7.84. The molecule has 4 rings (SSSR count). The first-order valence-corrected chi connectivity index (χ1v) is 8.78. The summed E-state index contributed by atoms with van der Waals surface area (Å²) in [5.74, 6) is 0.975. The number of rotatable bonds is 4. The van der Waals surface area contributed by atoms with E-state index >= 15 is 0 Å². The number of carbonyl (C=O) groups is 1. The van der Waals surface area contributed by atoms with E-state index in [0.717, 1.165) is 38.3 Å². The lowest BCUT2D eigenvalue weighted by atomic mass is 10.2. The lowest BCUT2D eigenvalue weighted by molar-refractivity contribution is 0.0946. The van der Waals surface area contributed by atoms with Gasteiger partial charge in [-0.25, -0.2) is 4.98 Å². The molecule has 1 unspecified atom stereocenters. The van der Waals surface area contributed by atoms with Crippen molar-refractivity contribution in [3.05, 3.63) is 40.1 Å². The van der Waals surface area contributed by atoms with Gasteiger partial charge in [0.05, 0.1) is 6.04 Å². The Balaban J connectivity index is 1.51. The minimum atomic E-state index is -0.0269. The first kappa shape index (κ1) is 14.0. The van der Waals surface area contributed by atoms with Crippen molar-refractivity contribution in [3.63, 3.8) is 0 Å². The van der Waals surface area contributed by atoms with Gasteiger partial charge in [0.2, 0.25) is 0 Å². The molecule has 1 aliphatic carbocycles. The summed E-state index contributed by atoms with van der Waals surface area (Å²) in [6.45, 7) is 5.01. The number of amides is 1. The molecule has 2 aromatic rings. The maximum atomic E-state index is 12.2. The Labute approximate surface area is 134 Å². The molecule has 116 valence electrons. The van der Waals surface area contributed by atoms with Crippen LogP contribution in [-0.4, -0.2) is 32.9 Å². The van der Waals surface area contributed by atoms with Crippen LogP contribution in [0.4, 0.5) is 0 Å². The summed E-state index contributed by atoms with van der Waals surface area (Å²) < 4.78 is 2.14. The zero-order chi connectivity index (χ0) is 15.1. The van der Waals surface area contributed by atoms with Gasteiger partial charge in [0, 0.05) is 31.9 Å². The van der Waals surface area contributed by atoms with Crippen molar-refractivity contribution in [1.82, 2.24) is 19.8 Å². The largest absolute Gasteiger partial charge is 0.348 e. The predicted molar refractivity (Wildman–Crippen MR) is 85.9 cm³/mol. The summed E-state index contributed by atoms with van der Waals surface area (Å²) in [6.07, 6.45) is 4.11. The third-order valence-electron chi connectivity index (χ3n) is 4.47. The quantitative estimate of drug-likeness (QED) is 0.942. The molecule has 1 amide bonds. The topological polar surface area (TPSA) is 50.2 Å². The minimum absolute atomic E-state index is 0.0269. The van der Waals surface area contributed by atoms with Crippen LogP contribution < -0.4 is 5.32 Å². The number of imidazole rings is 1. The average molecular weight is 316 g/mol. The van der Waals surface area contributed by atoms with Crippen LogP contribution in [0.15, 0.2) is 23.0 Å². The second-order valence-electron chi connectivity index (χ2n) is 6.20. The second kappa shape index (κ2) is 5.52. The molecule has 0 radical (unpaired) electrons. The van der Waals surface area contributed by atoms with E-state index < -0.39 is 0 Å². The van der Waals surface area contributed by atoms with E-state index in [1.165, 1.54) is 5.56 Å². The van der Waals surface area contributed by atoms with Crippen LogP contribution >= 0.6 is 11.3 Å². The molecule has 2 aliphatic rings. The summed E-state index contributed by atoms with van der Waals surface area (Å²) in [4.78, 5) is 19.2. The Morgan fingerprint density at radius 2 is 2.32 bits per heavy atom. The summed E-state index contributed by atoms with van der Waals surface area (Å²) in [5.41, 5.74) is 1.91. The van der Waals surface area contributed by atoms with Crippen molar-refractivity contribution in [2.45, 2.75) is 44.9 Å². The van der Waals surface area contributed by atoms with E-state index in [0.29, 0.717) is 11.7 Å². The summed E-state index contributed by atoms with van der Waals surface area (Å²) in [5, 5.41) is 7.33. The molecule has 1 aliphatic heterocycles. The van der Waals surface area contributed by atoms with Gasteiger partial charge in [0.25, 0.3) is 5.91 Å². The van der Waals surface area contributed by atoms with Gasteiger partial charge in [0.15, 0.2) is 0 Å². The highest BCUT2D eigenvalue weighted by Crippen LogP contribution is 2.27. The first-order chi connectivity index (χ1) is 10.7. The zero-order valence-corrected chi connectivity index (χ0v) is 13.5. The van der Waals surface area contributed by atoms with Crippen molar-refractivity contribution in [1.29, 1.82) is 0 Å². The highest BCUT2D eigenvalue weighted by atomic mass is 32.1. The highest BCUT2D eigenvalue weighted by Gasteiger charge is 2.29. The van der Waals surface area contributed by atoms with Crippen LogP contribution in [0, 0.1) is 0 Å². The van der Waals surface area contributed by atoms with E-state index in [-0.39, 0.29) is 11.9 Å². The maximum Gasteiger partial charge on any atom is 0.271 e. The van der Waals surface area contributed by atoms with Gasteiger partial charge in [-0.05, 0) is 42.2 Å².